The average Bonchev–Trinajstić information content (AvgIpc) is 2.82. The van der Waals surface area contributed by atoms with Crippen molar-refractivity contribution in [1.82, 2.24) is 0 Å². The van der Waals surface area contributed by atoms with Gasteiger partial charge in [0.25, 0.3) is 5.91 Å². The number of amides is 1. The summed E-state index contributed by atoms with van der Waals surface area (Å²) in [7, 11) is -3.94. The van der Waals surface area contributed by atoms with Crippen LogP contribution in [0.4, 0.5) is 18.9 Å². The first-order valence-corrected chi connectivity index (χ1v) is 12.7. The number of nitrogens with one attached hydrogen (secondary N) is 1. The van der Waals surface area contributed by atoms with E-state index in [1.807, 2.05) is 0 Å². The Morgan fingerprint density at radius 1 is 0.917 bits per heavy atom. The predicted molar refractivity (Wildman–Crippen MR) is 128 cm³/mol. The van der Waals surface area contributed by atoms with Crippen molar-refractivity contribution in [2.75, 3.05) is 11.1 Å². The molecule has 3 aromatic rings. The standard InChI is InChI=1S/C24H18Cl2F3NO5S/c25-17-11-10-16(24(27,28)29)14-19(17)30-23(32)22(15-6-2-1-3-7-15)35-21(31)12-13-36(33,34)20-9-5-4-8-18(20)26/h1-11,14,22H,12-13H2,(H,30,32)/t22-/m0/s1. The number of hydrogen-bond donors (Lipinski definition) is 1. The number of esters is 1. The second-order valence-corrected chi connectivity index (χ2v) is 10.4. The third kappa shape index (κ3) is 6.99. The summed E-state index contributed by atoms with van der Waals surface area (Å²) in [5.74, 6) is -2.65. The molecule has 0 spiro atoms. The molecule has 1 atom stereocenters. The van der Waals surface area contributed by atoms with Crippen LogP contribution in [0.3, 0.4) is 0 Å². The van der Waals surface area contributed by atoms with E-state index >= 15 is 0 Å². The van der Waals surface area contributed by atoms with Crippen LogP contribution in [0.15, 0.2) is 77.7 Å². The Balaban J connectivity index is 1.79. The Labute approximate surface area is 214 Å². The van der Waals surface area contributed by atoms with E-state index in [1.165, 1.54) is 30.3 Å². The highest BCUT2D eigenvalue weighted by molar-refractivity contribution is 7.91. The number of alkyl halides is 3. The maximum atomic E-state index is 13.1. The van der Waals surface area contributed by atoms with Crippen LogP contribution < -0.4 is 5.32 Å². The summed E-state index contributed by atoms with van der Waals surface area (Å²) in [4.78, 5) is 25.3. The molecule has 0 aromatic heterocycles. The second-order valence-electron chi connectivity index (χ2n) is 7.46. The fourth-order valence-corrected chi connectivity index (χ4v) is 5.07. The second kappa shape index (κ2) is 11.3. The molecule has 0 fully saturated rings. The predicted octanol–water partition coefficient (Wildman–Crippen LogP) is 6.10. The van der Waals surface area contributed by atoms with E-state index in [2.05, 4.69) is 5.32 Å². The lowest BCUT2D eigenvalue weighted by Gasteiger charge is -2.19. The van der Waals surface area contributed by atoms with Gasteiger partial charge in [-0.15, -0.1) is 0 Å². The minimum atomic E-state index is -4.68. The number of carbonyl (C=O) groups excluding carboxylic acids is 2. The fraction of sp³-hybridized carbons (Fsp3) is 0.167. The van der Waals surface area contributed by atoms with Crippen LogP contribution >= 0.6 is 23.2 Å². The van der Waals surface area contributed by atoms with Crippen LogP contribution in [0.1, 0.15) is 23.7 Å². The van der Waals surface area contributed by atoms with Gasteiger partial charge in [0.1, 0.15) is 0 Å². The monoisotopic (exact) mass is 559 g/mol. The number of carbonyl (C=O) groups is 2. The van der Waals surface area contributed by atoms with Crippen LogP contribution in [-0.4, -0.2) is 26.0 Å². The van der Waals surface area contributed by atoms with Crippen LogP contribution in [0.2, 0.25) is 10.0 Å². The van der Waals surface area contributed by atoms with Crippen LogP contribution in [-0.2, 0) is 30.3 Å². The molecule has 3 aromatic carbocycles. The molecule has 0 saturated heterocycles. The highest BCUT2D eigenvalue weighted by Gasteiger charge is 2.32. The molecule has 190 valence electrons. The van der Waals surface area contributed by atoms with Gasteiger partial charge in [-0.2, -0.15) is 13.2 Å². The molecule has 0 aliphatic heterocycles. The zero-order valence-corrected chi connectivity index (χ0v) is 20.6. The fourth-order valence-electron chi connectivity index (χ4n) is 3.11. The first-order chi connectivity index (χ1) is 16.9. The van der Waals surface area contributed by atoms with Crippen molar-refractivity contribution in [1.29, 1.82) is 0 Å². The molecular formula is C24H18Cl2F3NO5S. The summed E-state index contributed by atoms with van der Waals surface area (Å²) >= 11 is 11.9. The van der Waals surface area contributed by atoms with Crippen molar-refractivity contribution in [3.63, 3.8) is 0 Å². The summed E-state index contributed by atoms with van der Waals surface area (Å²) in [5.41, 5.74) is -1.17. The number of rotatable bonds is 8. The molecule has 0 bridgehead atoms. The van der Waals surface area contributed by atoms with Gasteiger partial charge in [0.15, 0.2) is 9.84 Å². The topological polar surface area (TPSA) is 89.5 Å². The van der Waals surface area contributed by atoms with Gasteiger partial charge in [-0.1, -0.05) is 65.7 Å². The minimum absolute atomic E-state index is 0.00891. The van der Waals surface area contributed by atoms with Crippen LogP contribution in [0, 0.1) is 0 Å². The Kier molecular flexibility index (Phi) is 8.65. The summed E-state index contributed by atoms with van der Waals surface area (Å²) in [6.07, 6.45) is -6.87. The van der Waals surface area contributed by atoms with E-state index in [9.17, 15) is 31.2 Å². The summed E-state index contributed by atoms with van der Waals surface area (Å²) < 4.78 is 69.6. The maximum Gasteiger partial charge on any atom is 0.416 e. The molecule has 0 unspecified atom stereocenters. The third-order valence-corrected chi connectivity index (χ3v) is 7.43. The third-order valence-electron chi connectivity index (χ3n) is 4.89. The van der Waals surface area contributed by atoms with E-state index in [-0.39, 0.29) is 26.2 Å². The van der Waals surface area contributed by atoms with Gasteiger partial charge in [-0.25, -0.2) is 8.42 Å². The highest BCUT2D eigenvalue weighted by Crippen LogP contribution is 2.34. The molecule has 0 heterocycles. The molecule has 3 rings (SSSR count). The van der Waals surface area contributed by atoms with Crippen molar-refractivity contribution in [2.45, 2.75) is 23.6 Å². The lowest BCUT2D eigenvalue weighted by Crippen LogP contribution is -2.27. The molecule has 1 amide bonds. The van der Waals surface area contributed by atoms with Crippen LogP contribution in [0.5, 0.6) is 0 Å². The molecule has 12 heteroatoms. The Morgan fingerprint density at radius 2 is 1.56 bits per heavy atom. The molecule has 1 N–H and O–H groups in total. The number of benzene rings is 3. The van der Waals surface area contributed by atoms with Gasteiger partial charge in [0, 0.05) is 5.56 Å². The Hall–Kier alpha value is -3.08. The summed E-state index contributed by atoms with van der Waals surface area (Å²) in [6.45, 7) is 0. The van der Waals surface area contributed by atoms with E-state index in [4.69, 9.17) is 27.9 Å². The summed E-state index contributed by atoms with van der Waals surface area (Å²) in [5, 5.41) is 2.07. The molecule has 6 nitrogen and oxygen atoms in total. The van der Waals surface area contributed by atoms with Crippen molar-refractivity contribution in [2.24, 2.45) is 0 Å². The van der Waals surface area contributed by atoms with Gasteiger partial charge < -0.3 is 10.1 Å². The molecule has 0 saturated carbocycles. The van der Waals surface area contributed by atoms with Gasteiger partial charge >= 0.3 is 12.1 Å². The number of hydrogen-bond acceptors (Lipinski definition) is 5. The van der Waals surface area contributed by atoms with Gasteiger partial charge in [-0.05, 0) is 30.3 Å². The Morgan fingerprint density at radius 3 is 2.19 bits per heavy atom. The van der Waals surface area contributed by atoms with Gasteiger partial charge in [-0.3, -0.25) is 9.59 Å². The first kappa shape index (κ1) is 27.5. The number of sulfone groups is 1. The highest BCUT2D eigenvalue weighted by atomic mass is 35.5. The molecule has 0 aliphatic carbocycles. The zero-order valence-electron chi connectivity index (χ0n) is 18.3. The van der Waals surface area contributed by atoms with Crippen molar-refractivity contribution in [3.8, 4) is 0 Å². The zero-order chi connectivity index (χ0) is 26.5. The first-order valence-electron chi connectivity index (χ1n) is 10.3. The molecular weight excluding hydrogens is 542 g/mol. The molecule has 0 aliphatic rings. The summed E-state index contributed by atoms with van der Waals surface area (Å²) in [6, 6.07) is 15.8. The van der Waals surface area contributed by atoms with E-state index in [0.29, 0.717) is 6.07 Å². The largest absolute Gasteiger partial charge is 0.447 e. The van der Waals surface area contributed by atoms with Crippen LogP contribution in [0.25, 0.3) is 0 Å². The van der Waals surface area contributed by atoms with Crippen molar-refractivity contribution >= 4 is 50.6 Å². The van der Waals surface area contributed by atoms with Gasteiger partial charge in [0.05, 0.1) is 38.4 Å². The quantitative estimate of drug-likeness (QED) is 0.337. The number of ether oxygens (including phenoxy) is 1. The van der Waals surface area contributed by atoms with Crippen molar-refractivity contribution in [3.05, 3.63) is 94.0 Å². The average molecular weight is 560 g/mol. The lowest BCUT2D eigenvalue weighted by molar-refractivity contribution is -0.154. The Bertz CT molecular complexity index is 1370. The molecule has 0 radical (unpaired) electrons. The maximum absolute atomic E-state index is 13.1. The van der Waals surface area contributed by atoms with E-state index in [1.54, 1.807) is 24.3 Å². The number of anilines is 1. The minimum Gasteiger partial charge on any atom is -0.447 e. The molecule has 36 heavy (non-hydrogen) atoms. The van der Waals surface area contributed by atoms with Gasteiger partial charge in [0.2, 0.25) is 6.10 Å². The van der Waals surface area contributed by atoms with Crippen molar-refractivity contribution < 1.29 is 35.9 Å². The lowest BCUT2D eigenvalue weighted by atomic mass is 10.1. The number of halogens is 5. The van der Waals surface area contributed by atoms with E-state index < -0.39 is 51.7 Å². The van der Waals surface area contributed by atoms with E-state index in [0.717, 1.165) is 12.1 Å². The smallest absolute Gasteiger partial charge is 0.416 e. The normalized spacial score (nSPS) is 12.6. The SMILES string of the molecule is O=C(CCS(=O)(=O)c1ccccc1Cl)O[C@H](C(=O)Nc1cc(C(F)(F)F)ccc1Cl)c1ccccc1.